The standard InChI is InChI=1S/C20H26N2O4S/c1-25-19-8-9-20(26-2)18(14-19)15-21-10-12-22(13-11-21)27(23,24)16-17-6-4-3-5-7-17/h3-9,14H,10-13,15-16H2,1-2H3/p+1. The molecule has 1 N–H and O–H groups in total. The minimum Gasteiger partial charge on any atom is -0.497 e. The lowest BCUT2D eigenvalue weighted by atomic mass is 10.1. The van der Waals surface area contributed by atoms with Crippen LogP contribution in [0, 0.1) is 0 Å². The first kappa shape index (κ1) is 19.7. The Morgan fingerprint density at radius 2 is 1.70 bits per heavy atom. The third-order valence-corrected chi connectivity index (χ3v) is 6.79. The van der Waals surface area contributed by atoms with Crippen LogP contribution in [0.4, 0.5) is 0 Å². The zero-order valence-electron chi connectivity index (χ0n) is 15.8. The van der Waals surface area contributed by atoms with Gasteiger partial charge < -0.3 is 14.4 Å². The molecule has 0 unspecified atom stereocenters. The van der Waals surface area contributed by atoms with Gasteiger partial charge in [0.15, 0.2) is 0 Å². The maximum absolute atomic E-state index is 12.7. The molecule has 27 heavy (non-hydrogen) atoms. The van der Waals surface area contributed by atoms with Crippen LogP contribution in [-0.4, -0.2) is 53.1 Å². The predicted molar refractivity (Wildman–Crippen MR) is 105 cm³/mol. The lowest BCUT2D eigenvalue weighted by molar-refractivity contribution is -0.917. The summed E-state index contributed by atoms with van der Waals surface area (Å²) in [5.41, 5.74) is 1.90. The molecule has 1 heterocycles. The molecule has 1 aliphatic rings. The van der Waals surface area contributed by atoms with E-state index in [4.69, 9.17) is 9.47 Å². The number of quaternary nitrogens is 1. The Labute approximate surface area is 161 Å². The Hall–Kier alpha value is -2.09. The van der Waals surface area contributed by atoms with Gasteiger partial charge in [-0.3, -0.25) is 0 Å². The van der Waals surface area contributed by atoms with Gasteiger partial charge >= 0.3 is 0 Å². The minimum absolute atomic E-state index is 0.0624. The number of ether oxygens (including phenoxy) is 2. The van der Waals surface area contributed by atoms with Gasteiger partial charge in [-0.1, -0.05) is 30.3 Å². The lowest BCUT2D eigenvalue weighted by Crippen LogP contribution is -3.13. The molecule has 0 aliphatic carbocycles. The molecule has 7 heteroatoms. The van der Waals surface area contributed by atoms with E-state index in [-0.39, 0.29) is 5.75 Å². The molecular formula is C20H27N2O4S+. The molecule has 0 amide bonds. The highest BCUT2D eigenvalue weighted by atomic mass is 32.2. The Morgan fingerprint density at radius 1 is 1.00 bits per heavy atom. The molecule has 0 radical (unpaired) electrons. The maximum Gasteiger partial charge on any atom is 0.218 e. The van der Waals surface area contributed by atoms with Crippen LogP contribution in [0.5, 0.6) is 11.5 Å². The predicted octanol–water partition coefficient (Wildman–Crippen LogP) is 0.934. The summed E-state index contributed by atoms with van der Waals surface area (Å²) in [5, 5.41) is 0. The fourth-order valence-electron chi connectivity index (χ4n) is 3.42. The van der Waals surface area contributed by atoms with Crippen molar-refractivity contribution in [3.8, 4) is 11.5 Å². The van der Waals surface area contributed by atoms with Crippen molar-refractivity contribution in [2.45, 2.75) is 12.3 Å². The van der Waals surface area contributed by atoms with Crippen LogP contribution in [0.25, 0.3) is 0 Å². The number of benzene rings is 2. The molecule has 2 aromatic carbocycles. The first-order chi connectivity index (χ1) is 13.0. The van der Waals surface area contributed by atoms with E-state index in [2.05, 4.69) is 0 Å². The summed E-state index contributed by atoms with van der Waals surface area (Å²) >= 11 is 0. The van der Waals surface area contributed by atoms with Gasteiger partial charge in [-0.05, 0) is 23.8 Å². The van der Waals surface area contributed by atoms with Crippen LogP contribution < -0.4 is 14.4 Å². The van der Waals surface area contributed by atoms with Crippen molar-refractivity contribution < 1.29 is 22.8 Å². The van der Waals surface area contributed by atoms with Crippen LogP contribution in [-0.2, 0) is 22.3 Å². The molecule has 146 valence electrons. The highest BCUT2D eigenvalue weighted by Crippen LogP contribution is 2.23. The molecular weight excluding hydrogens is 364 g/mol. The molecule has 2 aromatic rings. The molecule has 0 spiro atoms. The topological polar surface area (TPSA) is 60.3 Å². The summed E-state index contributed by atoms with van der Waals surface area (Å²) in [6.07, 6.45) is 0. The van der Waals surface area contributed by atoms with Crippen LogP contribution in [0.3, 0.4) is 0 Å². The molecule has 1 aliphatic heterocycles. The quantitative estimate of drug-likeness (QED) is 0.763. The molecule has 3 rings (SSSR count). The van der Waals surface area contributed by atoms with Crippen LogP contribution in [0.15, 0.2) is 48.5 Å². The largest absolute Gasteiger partial charge is 0.497 e. The van der Waals surface area contributed by atoms with E-state index in [9.17, 15) is 8.42 Å². The highest BCUT2D eigenvalue weighted by molar-refractivity contribution is 7.88. The number of piperazine rings is 1. The third kappa shape index (κ3) is 5.00. The van der Waals surface area contributed by atoms with E-state index in [1.54, 1.807) is 18.5 Å². The first-order valence-electron chi connectivity index (χ1n) is 9.08. The molecule has 0 atom stereocenters. The normalized spacial score (nSPS) is 16.2. The van der Waals surface area contributed by atoms with E-state index >= 15 is 0 Å². The SMILES string of the molecule is COc1ccc(OC)c(C[NH+]2CCN(S(=O)(=O)Cc3ccccc3)CC2)c1. The number of rotatable bonds is 7. The number of hydrogen-bond donors (Lipinski definition) is 1. The zero-order valence-corrected chi connectivity index (χ0v) is 16.7. The van der Waals surface area contributed by atoms with Gasteiger partial charge in [0.05, 0.1) is 51.7 Å². The van der Waals surface area contributed by atoms with Crippen molar-refractivity contribution >= 4 is 10.0 Å². The van der Waals surface area contributed by atoms with E-state index in [1.807, 2.05) is 48.5 Å². The van der Waals surface area contributed by atoms with Crippen molar-refractivity contribution in [1.29, 1.82) is 0 Å². The average Bonchev–Trinajstić information content (AvgIpc) is 2.69. The second-order valence-corrected chi connectivity index (χ2v) is 8.71. The molecule has 6 nitrogen and oxygen atoms in total. The monoisotopic (exact) mass is 391 g/mol. The Balaban J connectivity index is 1.60. The smallest absolute Gasteiger partial charge is 0.218 e. The van der Waals surface area contributed by atoms with Crippen LogP contribution in [0.1, 0.15) is 11.1 Å². The van der Waals surface area contributed by atoms with Gasteiger partial charge in [0, 0.05) is 0 Å². The zero-order chi connectivity index (χ0) is 19.3. The third-order valence-electron chi connectivity index (χ3n) is 4.94. The second kappa shape index (κ2) is 8.73. The maximum atomic E-state index is 12.7. The molecule has 1 fully saturated rings. The lowest BCUT2D eigenvalue weighted by Gasteiger charge is -2.31. The number of nitrogens with zero attached hydrogens (tertiary/aromatic N) is 1. The highest BCUT2D eigenvalue weighted by Gasteiger charge is 2.29. The van der Waals surface area contributed by atoms with Crippen LogP contribution in [0.2, 0.25) is 0 Å². The molecule has 1 saturated heterocycles. The summed E-state index contributed by atoms with van der Waals surface area (Å²) in [6, 6.07) is 15.1. The van der Waals surface area contributed by atoms with Gasteiger partial charge in [-0.25, -0.2) is 8.42 Å². The van der Waals surface area contributed by atoms with Crippen molar-refractivity contribution in [2.24, 2.45) is 0 Å². The number of hydrogen-bond acceptors (Lipinski definition) is 4. The van der Waals surface area contributed by atoms with Crippen molar-refractivity contribution in [2.75, 3.05) is 40.4 Å². The molecule has 0 saturated carbocycles. The van der Waals surface area contributed by atoms with Crippen molar-refractivity contribution in [3.63, 3.8) is 0 Å². The van der Waals surface area contributed by atoms with Crippen LogP contribution >= 0.6 is 0 Å². The van der Waals surface area contributed by atoms with E-state index < -0.39 is 10.0 Å². The van der Waals surface area contributed by atoms with Gasteiger partial charge in [-0.15, -0.1) is 0 Å². The minimum atomic E-state index is -3.28. The fraction of sp³-hybridized carbons (Fsp3) is 0.400. The summed E-state index contributed by atoms with van der Waals surface area (Å²) in [6.45, 7) is 3.41. The first-order valence-corrected chi connectivity index (χ1v) is 10.7. The van der Waals surface area contributed by atoms with Gasteiger partial charge in [0.25, 0.3) is 0 Å². The Bertz CT molecular complexity index is 848. The summed E-state index contributed by atoms with van der Waals surface area (Å²) in [5.74, 6) is 1.70. The number of methoxy groups -OCH3 is 2. The van der Waals surface area contributed by atoms with Gasteiger partial charge in [0.1, 0.15) is 18.0 Å². The van der Waals surface area contributed by atoms with E-state index in [0.29, 0.717) is 13.1 Å². The average molecular weight is 392 g/mol. The number of nitrogens with one attached hydrogen (secondary N) is 1. The van der Waals surface area contributed by atoms with E-state index in [1.165, 1.54) is 4.90 Å². The summed E-state index contributed by atoms with van der Waals surface area (Å²) < 4.78 is 37.7. The van der Waals surface area contributed by atoms with Gasteiger partial charge in [0.2, 0.25) is 10.0 Å². The Morgan fingerprint density at radius 3 is 2.33 bits per heavy atom. The van der Waals surface area contributed by atoms with Crippen molar-refractivity contribution in [3.05, 3.63) is 59.7 Å². The van der Waals surface area contributed by atoms with E-state index in [0.717, 1.165) is 42.3 Å². The summed E-state index contributed by atoms with van der Waals surface area (Å²) in [4.78, 5) is 1.34. The molecule has 0 aromatic heterocycles. The second-order valence-electron chi connectivity index (χ2n) is 6.75. The van der Waals surface area contributed by atoms with Gasteiger partial charge in [-0.2, -0.15) is 4.31 Å². The Kier molecular flexibility index (Phi) is 6.36. The summed E-state index contributed by atoms with van der Waals surface area (Å²) in [7, 11) is 0.0282. The van der Waals surface area contributed by atoms with Crippen molar-refractivity contribution in [1.82, 2.24) is 4.31 Å². The number of sulfonamides is 1. The molecule has 0 bridgehead atoms. The fourth-order valence-corrected chi connectivity index (χ4v) is 4.96.